The molecule has 1 amide bonds. The Hall–Kier alpha value is -2.18. The van der Waals surface area contributed by atoms with E-state index in [4.69, 9.17) is 4.74 Å². The van der Waals surface area contributed by atoms with Gasteiger partial charge in [-0.1, -0.05) is 37.5 Å². The Morgan fingerprint density at radius 1 is 1.07 bits per heavy atom. The summed E-state index contributed by atoms with van der Waals surface area (Å²) in [6.45, 7) is 4.18. The van der Waals surface area contributed by atoms with Crippen LogP contribution < -0.4 is 5.32 Å². The van der Waals surface area contributed by atoms with Crippen molar-refractivity contribution in [2.24, 2.45) is 0 Å². The van der Waals surface area contributed by atoms with Crippen molar-refractivity contribution >= 4 is 5.91 Å². The van der Waals surface area contributed by atoms with E-state index in [9.17, 15) is 4.79 Å². The van der Waals surface area contributed by atoms with E-state index in [1.165, 1.54) is 19.3 Å². The lowest BCUT2D eigenvalue weighted by molar-refractivity contribution is -0.0361. The fraction of sp³-hybridized carbons (Fsp3) is 0.524. The molecular formula is C21H28N4O2. The molecule has 2 aliphatic rings. The predicted octanol–water partition coefficient (Wildman–Crippen LogP) is 2.64. The first-order valence-electron chi connectivity index (χ1n) is 9.99. The predicted molar refractivity (Wildman–Crippen MR) is 104 cm³/mol. The summed E-state index contributed by atoms with van der Waals surface area (Å²) in [6, 6.07) is 11.6. The first-order valence-corrected chi connectivity index (χ1v) is 9.99. The monoisotopic (exact) mass is 368 g/mol. The lowest BCUT2D eigenvalue weighted by Gasteiger charge is -2.48. The molecule has 0 spiro atoms. The molecule has 27 heavy (non-hydrogen) atoms. The normalized spacial score (nSPS) is 20.3. The second kappa shape index (κ2) is 8.23. The van der Waals surface area contributed by atoms with Gasteiger partial charge in [0.05, 0.1) is 18.9 Å². The number of aromatic nitrogens is 2. The molecule has 1 aromatic carbocycles. The minimum absolute atomic E-state index is 0.0691. The number of para-hydroxylation sites is 1. The summed E-state index contributed by atoms with van der Waals surface area (Å²) >= 11 is 0. The lowest BCUT2D eigenvalue weighted by atomic mass is 9.79. The Kier molecular flexibility index (Phi) is 5.55. The number of nitrogens with zero attached hydrogens (tertiary/aromatic N) is 3. The topological polar surface area (TPSA) is 59.4 Å². The van der Waals surface area contributed by atoms with E-state index in [2.05, 4.69) is 15.3 Å². The van der Waals surface area contributed by atoms with Crippen LogP contribution in [0.2, 0.25) is 0 Å². The lowest BCUT2D eigenvalue weighted by Crippen LogP contribution is -2.59. The van der Waals surface area contributed by atoms with E-state index in [-0.39, 0.29) is 11.4 Å². The molecule has 2 fully saturated rings. The first kappa shape index (κ1) is 18.2. The summed E-state index contributed by atoms with van der Waals surface area (Å²) in [5, 5.41) is 7.62. The number of morpholine rings is 1. The van der Waals surface area contributed by atoms with Crippen LogP contribution in [0.3, 0.4) is 0 Å². The number of benzene rings is 1. The fourth-order valence-electron chi connectivity index (χ4n) is 4.36. The Morgan fingerprint density at radius 2 is 1.81 bits per heavy atom. The van der Waals surface area contributed by atoms with Crippen molar-refractivity contribution in [1.82, 2.24) is 20.0 Å². The average molecular weight is 368 g/mol. The molecule has 0 radical (unpaired) electrons. The van der Waals surface area contributed by atoms with Gasteiger partial charge in [0.1, 0.15) is 0 Å². The highest BCUT2D eigenvalue weighted by Crippen LogP contribution is 2.33. The Balaban J connectivity index is 1.43. The van der Waals surface area contributed by atoms with Gasteiger partial charge in [-0.2, -0.15) is 5.10 Å². The molecule has 6 nitrogen and oxygen atoms in total. The molecule has 2 aromatic rings. The molecule has 2 heterocycles. The molecule has 144 valence electrons. The second-order valence-corrected chi connectivity index (χ2v) is 7.55. The zero-order chi connectivity index (χ0) is 18.5. The Bertz CT molecular complexity index is 747. The van der Waals surface area contributed by atoms with E-state index in [0.717, 1.165) is 44.8 Å². The molecule has 1 aromatic heterocycles. The van der Waals surface area contributed by atoms with Gasteiger partial charge in [0.2, 0.25) is 0 Å². The minimum Gasteiger partial charge on any atom is -0.379 e. The SMILES string of the molecule is O=C(NCC1(N2CCOCC2)CCCCC1)c1ccn(-c2ccccc2)n1. The summed E-state index contributed by atoms with van der Waals surface area (Å²) in [7, 11) is 0. The number of carbonyl (C=O) groups excluding carboxylic acids is 1. The summed E-state index contributed by atoms with van der Waals surface area (Å²) < 4.78 is 7.28. The molecule has 4 rings (SSSR count). The molecule has 0 unspecified atom stereocenters. The maximum Gasteiger partial charge on any atom is 0.271 e. The third-order valence-electron chi connectivity index (χ3n) is 5.89. The third-order valence-corrected chi connectivity index (χ3v) is 5.89. The van der Waals surface area contributed by atoms with Crippen LogP contribution in [0.25, 0.3) is 5.69 Å². The minimum atomic E-state index is -0.0945. The van der Waals surface area contributed by atoms with Crippen molar-refractivity contribution in [2.75, 3.05) is 32.8 Å². The highest BCUT2D eigenvalue weighted by Gasteiger charge is 2.38. The largest absolute Gasteiger partial charge is 0.379 e. The van der Waals surface area contributed by atoms with Crippen molar-refractivity contribution in [2.45, 2.75) is 37.6 Å². The number of carbonyl (C=O) groups is 1. The highest BCUT2D eigenvalue weighted by atomic mass is 16.5. The standard InChI is InChI=1S/C21H28N4O2/c26-20(19-9-12-25(23-19)18-7-3-1-4-8-18)22-17-21(10-5-2-6-11-21)24-13-15-27-16-14-24/h1,3-4,7-9,12H,2,5-6,10-11,13-17H2,(H,22,26). The zero-order valence-corrected chi connectivity index (χ0v) is 15.8. The quantitative estimate of drug-likeness (QED) is 0.881. The molecular weight excluding hydrogens is 340 g/mol. The van der Waals surface area contributed by atoms with Crippen molar-refractivity contribution in [1.29, 1.82) is 0 Å². The number of ether oxygens (including phenoxy) is 1. The zero-order valence-electron chi connectivity index (χ0n) is 15.8. The van der Waals surface area contributed by atoms with Crippen LogP contribution in [0.4, 0.5) is 0 Å². The van der Waals surface area contributed by atoms with E-state index >= 15 is 0 Å². The van der Waals surface area contributed by atoms with Gasteiger partial charge in [-0.15, -0.1) is 0 Å². The van der Waals surface area contributed by atoms with Gasteiger partial charge >= 0.3 is 0 Å². The molecule has 0 atom stereocenters. The van der Waals surface area contributed by atoms with Crippen molar-refractivity contribution in [3.05, 3.63) is 48.3 Å². The van der Waals surface area contributed by atoms with Gasteiger partial charge in [-0.05, 0) is 31.0 Å². The fourth-order valence-corrected chi connectivity index (χ4v) is 4.36. The molecule has 1 saturated heterocycles. The van der Waals surface area contributed by atoms with Crippen LogP contribution in [0, 0.1) is 0 Å². The maximum absolute atomic E-state index is 12.7. The number of nitrogens with one attached hydrogen (secondary N) is 1. The number of amides is 1. The molecule has 1 N–H and O–H groups in total. The number of hydrogen-bond donors (Lipinski definition) is 1. The van der Waals surface area contributed by atoms with Crippen molar-refractivity contribution < 1.29 is 9.53 Å². The van der Waals surface area contributed by atoms with Gasteiger partial charge in [-0.3, -0.25) is 9.69 Å². The van der Waals surface area contributed by atoms with Crippen LogP contribution in [-0.4, -0.2) is 59.0 Å². The average Bonchev–Trinajstić information content (AvgIpc) is 3.24. The molecule has 1 aliphatic carbocycles. The summed E-state index contributed by atoms with van der Waals surface area (Å²) in [5.74, 6) is -0.0945. The first-order chi connectivity index (χ1) is 13.3. The number of hydrogen-bond acceptors (Lipinski definition) is 4. The van der Waals surface area contributed by atoms with Gasteiger partial charge in [-0.25, -0.2) is 4.68 Å². The molecule has 1 saturated carbocycles. The molecule has 0 bridgehead atoms. The molecule has 1 aliphatic heterocycles. The molecule has 6 heteroatoms. The van der Waals surface area contributed by atoms with Crippen LogP contribution >= 0.6 is 0 Å². The van der Waals surface area contributed by atoms with Crippen LogP contribution in [-0.2, 0) is 4.74 Å². The Labute approximate surface area is 160 Å². The van der Waals surface area contributed by atoms with E-state index in [1.54, 1.807) is 10.7 Å². The van der Waals surface area contributed by atoms with Gasteiger partial charge < -0.3 is 10.1 Å². The maximum atomic E-state index is 12.7. The van der Waals surface area contributed by atoms with Crippen molar-refractivity contribution in [3.63, 3.8) is 0 Å². The highest BCUT2D eigenvalue weighted by molar-refractivity contribution is 5.92. The number of rotatable bonds is 5. The summed E-state index contributed by atoms with van der Waals surface area (Å²) in [4.78, 5) is 15.3. The van der Waals surface area contributed by atoms with Crippen LogP contribution in [0.15, 0.2) is 42.6 Å². The van der Waals surface area contributed by atoms with Crippen LogP contribution in [0.1, 0.15) is 42.6 Å². The van der Waals surface area contributed by atoms with E-state index in [0.29, 0.717) is 12.2 Å². The Morgan fingerprint density at radius 3 is 2.56 bits per heavy atom. The van der Waals surface area contributed by atoms with Gasteiger partial charge in [0.15, 0.2) is 5.69 Å². The third kappa shape index (κ3) is 4.06. The van der Waals surface area contributed by atoms with E-state index < -0.39 is 0 Å². The van der Waals surface area contributed by atoms with Crippen molar-refractivity contribution in [3.8, 4) is 5.69 Å². The van der Waals surface area contributed by atoms with Crippen LogP contribution in [0.5, 0.6) is 0 Å². The van der Waals surface area contributed by atoms with Gasteiger partial charge in [0, 0.05) is 31.4 Å². The summed E-state index contributed by atoms with van der Waals surface area (Å²) in [6.07, 6.45) is 7.88. The van der Waals surface area contributed by atoms with E-state index in [1.807, 2.05) is 36.5 Å². The second-order valence-electron chi connectivity index (χ2n) is 7.55. The van der Waals surface area contributed by atoms with Gasteiger partial charge in [0.25, 0.3) is 5.91 Å². The summed E-state index contributed by atoms with van der Waals surface area (Å²) in [5.41, 5.74) is 1.49. The smallest absolute Gasteiger partial charge is 0.271 e.